The Morgan fingerprint density at radius 1 is 1.53 bits per heavy atom. The zero-order chi connectivity index (χ0) is 11.1. The van der Waals surface area contributed by atoms with Gasteiger partial charge in [-0.25, -0.2) is 0 Å². The van der Waals surface area contributed by atoms with E-state index in [0.29, 0.717) is 24.3 Å². The average molecular weight is 206 g/mol. The number of nitrogen functional groups attached to an aromatic ring is 1. The molecule has 2 rings (SSSR count). The first-order valence-electron chi connectivity index (χ1n) is 4.85. The van der Waals surface area contributed by atoms with E-state index in [-0.39, 0.29) is 5.91 Å². The topological polar surface area (TPSA) is 66.6 Å². The second-order valence-corrected chi connectivity index (χ2v) is 4.28. The predicted octanol–water partition coefficient (Wildman–Crippen LogP) is 0.476. The van der Waals surface area contributed by atoms with Crippen molar-refractivity contribution in [1.29, 1.82) is 0 Å². The minimum atomic E-state index is -0.726. The molecule has 1 heterocycles. The van der Waals surface area contributed by atoms with Crippen LogP contribution in [0.5, 0.6) is 0 Å². The highest BCUT2D eigenvalue weighted by Crippen LogP contribution is 2.22. The highest BCUT2D eigenvalue weighted by atomic mass is 16.3. The second-order valence-electron chi connectivity index (χ2n) is 4.28. The van der Waals surface area contributed by atoms with Gasteiger partial charge in [-0.2, -0.15) is 0 Å². The first-order valence-corrected chi connectivity index (χ1v) is 4.85. The maximum atomic E-state index is 11.8. The van der Waals surface area contributed by atoms with Gasteiger partial charge in [0.1, 0.15) is 0 Å². The van der Waals surface area contributed by atoms with E-state index < -0.39 is 5.60 Å². The molecule has 1 aromatic carbocycles. The van der Waals surface area contributed by atoms with Gasteiger partial charge in [-0.3, -0.25) is 4.79 Å². The molecule has 1 aliphatic heterocycles. The molecule has 0 bridgehead atoms. The van der Waals surface area contributed by atoms with Crippen molar-refractivity contribution in [1.82, 2.24) is 4.90 Å². The molecule has 0 unspecified atom stereocenters. The molecule has 1 aliphatic rings. The third-order valence-corrected chi connectivity index (χ3v) is 2.48. The highest BCUT2D eigenvalue weighted by Gasteiger charge is 2.39. The van der Waals surface area contributed by atoms with Crippen LogP contribution in [0.25, 0.3) is 0 Å². The molecule has 0 saturated carbocycles. The van der Waals surface area contributed by atoms with Crippen LogP contribution < -0.4 is 5.73 Å². The standard InChI is InChI=1S/C11H14N2O2/c1-11(15)6-13(7-11)10(14)8-3-2-4-9(12)5-8/h2-5,15H,6-7,12H2,1H3. The van der Waals surface area contributed by atoms with Crippen LogP contribution in [0.3, 0.4) is 0 Å². The summed E-state index contributed by atoms with van der Waals surface area (Å²) in [6, 6.07) is 6.87. The van der Waals surface area contributed by atoms with Crippen LogP contribution in [-0.4, -0.2) is 34.6 Å². The lowest BCUT2D eigenvalue weighted by atomic mass is 9.96. The Balaban J connectivity index is 2.10. The van der Waals surface area contributed by atoms with Gasteiger partial charge in [0.2, 0.25) is 0 Å². The van der Waals surface area contributed by atoms with Crippen molar-refractivity contribution < 1.29 is 9.90 Å². The molecule has 4 nitrogen and oxygen atoms in total. The van der Waals surface area contributed by atoms with Crippen molar-refractivity contribution in [2.75, 3.05) is 18.8 Å². The summed E-state index contributed by atoms with van der Waals surface area (Å²) in [5.41, 5.74) is 6.01. The number of β-amino-alcohol motifs (C(OH)–C–C–N with tert-alkyl or cyclic N) is 1. The number of nitrogens with zero attached hydrogens (tertiary/aromatic N) is 1. The normalized spacial score (nSPS) is 18.4. The minimum absolute atomic E-state index is 0.0752. The van der Waals surface area contributed by atoms with Crippen molar-refractivity contribution >= 4 is 11.6 Å². The van der Waals surface area contributed by atoms with Gasteiger partial charge in [0.25, 0.3) is 5.91 Å². The van der Waals surface area contributed by atoms with Gasteiger partial charge in [-0.15, -0.1) is 0 Å². The molecule has 15 heavy (non-hydrogen) atoms. The largest absolute Gasteiger partial charge is 0.399 e. The van der Waals surface area contributed by atoms with E-state index >= 15 is 0 Å². The molecular formula is C11H14N2O2. The lowest BCUT2D eigenvalue weighted by molar-refractivity contribution is -0.0668. The maximum absolute atomic E-state index is 11.8. The maximum Gasteiger partial charge on any atom is 0.254 e. The number of rotatable bonds is 1. The molecule has 4 heteroatoms. The van der Waals surface area contributed by atoms with Gasteiger partial charge in [0, 0.05) is 11.3 Å². The van der Waals surface area contributed by atoms with Crippen LogP contribution in [0.15, 0.2) is 24.3 Å². The number of aliphatic hydroxyl groups is 1. The number of hydrogen-bond donors (Lipinski definition) is 2. The minimum Gasteiger partial charge on any atom is -0.399 e. The van der Waals surface area contributed by atoms with Crippen LogP contribution in [0.4, 0.5) is 5.69 Å². The third-order valence-electron chi connectivity index (χ3n) is 2.48. The summed E-state index contributed by atoms with van der Waals surface area (Å²) in [6.45, 7) is 2.50. The van der Waals surface area contributed by atoms with Crippen LogP contribution >= 0.6 is 0 Å². The number of amides is 1. The molecule has 80 valence electrons. The van der Waals surface area contributed by atoms with Crippen molar-refractivity contribution in [3.8, 4) is 0 Å². The summed E-state index contributed by atoms with van der Waals surface area (Å²) in [6.07, 6.45) is 0. The molecule has 1 saturated heterocycles. The Kier molecular flexibility index (Phi) is 2.16. The first kappa shape index (κ1) is 9.98. The number of nitrogens with two attached hydrogens (primary N) is 1. The van der Waals surface area contributed by atoms with Crippen molar-refractivity contribution in [3.05, 3.63) is 29.8 Å². The summed E-state index contributed by atoms with van der Waals surface area (Å²) >= 11 is 0. The van der Waals surface area contributed by atoms with E-state index in [9.17, 15) is 9.90 Å². The van der Waals surface area contributed by atoms with Gasteiger partial charge in [0.15, 0.2) is 0 Å². The fraction of sp³-hybridized carbons (Fsp3) is 0.364. The molecule has 3 N–H and O–H groups in total. The molecule has 0 aromatic heterocycles. The highest BCUT2D eigenvalue weighted by molar-refractivity contribution is 5.95. The van der Waals surface area contributed by atoms with E-state index in [1.54, 1.807) is 36.1 Å². The monoisotopic (exact) mass is 206 g/mol. The van der Waals surface area contributed by atoms with Crippen molar-refractivity contribution in [2.24, 2.45) is 0 Å². The Morgan fingerprint density at radius 3 is 2.73 bits per heavy atom. The van der Waals surface area contributed by atoms with E-state index in [4.69, 9.17) is 5.73 Å². The molecule has 0 aliphatic carbocycles. The quantitative estimate of drug-likeness (QED) is 0.657. The van der Waals surface area contributed by atoms with Gasteiger partial charge in [0.05, 0.1) is 18.7 Å². The Morgan fingerprint density at radius 2 is 2.20 bits per heavy atom. The fourth-order valence-electron chi connectivity index (χ4n) is 1.77. The van der Waals surface area contributed by atoms with Crippen LogP contribution in [0, 0.1) is 0 Å². The number of benzene rings is 1. The smallest absolute Gasteiger partial charge is 0.254 e. The number of hydrogen-bond acceptors (Lipinski definition) is 3. The SMILES string of the molecule is CC1(O)CN(C(=O)c2cccc(N)c2)C1. The van der Waals surface area contributed by atoms with E-state index in [2.05, 4.69) is 0 Å². The lowest BCUT2D eigenvalue weighted by Crippen LogP contribution is -2.61. The Hall–Kier alpha value is -1.55. The number of likely N-dealkylation sites (tertiary alicyclic amines) is 1. The summed E-state index contributed by atoms with van der Waals surface area (Å²) in [5.74, 6) is -0.0752. The summed E-state index contributed by atoms with van der Waals surface area (Å²) in [7, 11) is 0. The van der Waals surface area contributed by atoms with Crippen molar-refractivity contribution in [2.45, 2.75) is 12.5 Å². The number of anilines is 1. The molecule has 1 amide bonds. The van der Waals surface area contributed by atoms with Crippen LogP contribution in [-0.2, 0) is 0 Å². The second kappa shape index (κ2) is 3.24. The zero-order valence-electron chi connectivity index (χ0n) is 8.60. The Labute approximate surface area is 88.3 Å². The van der Waals surface area contributed by atoms with Gasteiger partial charge >= 0.3 is 0 Å². The van der Waals surface area contributed by atoms with Gasteiger partial charge in [-0.1, -0.05) is 6.07 Å². The molecule has 0 spiro atoms. The van der Waals surface area contributed by atoms with Gasteiger partial charge in [-0.05, 0) is 25.1 Å². The molecular weight excluding hydrogens is 192 g/mol. The first-order chi connectivity index (χ1) is 6.98. The summed E-state index contributed by atoms with van der Waals surface area (Å²) in [4.78, 5) is 13.4. The Bertz CT molecular complexity index is 393. The van der Waals surface area contributed by atoms with E-state index in [1.165, 1.54) is 0 Å². The number of carbonyl (C=O) groups excluding carboxylic acids is 1. The fourth-order valence-corrected chi connectivity index (χ4v) is 1.77. The zero-order valence-corrected chi connectivity index (χ0v) is 8.60. The summed E-state index contributed by atoms with van der Waals surface area (Å²) in [5, 5.41) is 9.52. The number of carbonyl (C=O) groups is 1. The third kappa shape index (κ3) is 1.94. The van der Waals surface area contributed by atoms with Crippen LogP contribution in [0.2, 0.25) is 0 Å². The van der Waals surface area contributed by atoms with Crippen molar-refractivity contribution in [3.63, 3.8) is 0 Å². The lowest BCUT2D eigenvalue weighted by Gasteiger charge is -2.44. The predicted molar refractivity (Wildman–Crippen MR) is 57.4 cm³/mol. The molecule has 0 atom stereocenters. The van der Waals surface area contributed by atoms with Gasteiger partial charge < -0.3 is 15.7 Å². The average Bonchev–Trinajstić information content (AvgIpc) is 2.13. The molecule has 1 aromatic rings. The van der Waals surface area contributed by atoms with E-state index in [1.807, 2.05) is 0 Å². The van der Waals surface area contributed by atoms with Crippen LogP contribution in [0.1, 0.15) is 17.3 Å². The summed E-state index contributed by atoms with van der Waals surface area (Å²) < 4.78 is 0. The molecule has 1 fully saturated rings. The van der Waals surface area contributed by atoms with E-state index in [0.717, 1.165) is 0 Å². The molecule has 0 radical (unpaired) electrons.